The van der Waals surface area contributed by atoms with E-state index in [1.165, 1.54) is 24.3 Å². The standard InChI is InChI=1S/C14H8ClFN2O/c15-12-7-11(4-5-13(12)16)18-14(19)10-3-1-2-9(6-10)8-17/h1-7H,(H,18,19). The number of nitrogens with one attached hydrogen (secondary N) is 1. The van der Waals surface area contributed by atoms with Gasteiger partial charge in [-0.1, -0.05) is 17.7 Å². The fraction of sp³-hybridized carbons (Fsp3) is 0. The number of carbonyl (C=O) groups excluding carboxylic acids is 1. The summed E-state index contributed by atoms with van der Waals surface area (Å²) in [5.41, 5.74) is 1.13. The average Bonchev–Trinajstić information content (AvgIpc) is 2.43. The molecule has 0 fully saturated rings. The Morgan fingerprint density at radius 1 is 1.26 bits per heavy atom. The van der Waals surface area contributed by atoms with Gasteiger partial charge in [-0.15, -0.1) is 0 Å². The summed E-state index contributed by atoms with van der Waals surface area (Å²) in [5.74, 6) is -0.939. The molecule has 2 aromatic rings. The second-order valence-electron chi connectivity index (χ2n) is 3.78. The van der Waals surface area contributed by atoms with Crippen molar-refractivity contribution in [2.24, 2.45) is 0 Å². The van der Waals surface area contributed by atoms with Crippen LogP contribution >= 0.6 is 11.6 Å². The molecule has 0 atom stereocenters. The molecular weight excluding hydrogens is 267 g/mol. The van der Waals surface area contributed by atoms with E-state index in [0.29, 0.717) is 16.8 Å². The molecule has 2 aromatic carbocycles. The zero-order valence-electron chi connectivity index (χ0n) is 9.65. The molecule has 0 heterocycles. The van der Waals surface area contributed by atoms with E-state index in [1.807, 2.05) is 6.07 Å². The van der Waals surface area contributed by atoms with Crippen molar-refractivity contribution >= 4 is 23.2 Å². The first-order valence-corrected chi connectivity index (χ1v) is 5.74. The van der Waals surface area contributed by atoms with Crippen LogP contribution in [0.2, 0.25) is 5.02 Å². The minimum atomic E-state index is -0.550. The summed E-state index contributed by atoms with van der Waals surface area (Å²) in [5, 5.41) is 11.3. The van der Waals surface area contributed by atoms with Crippen LogP contribution in [0.15, 0.2) is 42.5 Å². The maximum Gasteiger partial charge on any atom is 0.255 e. The van der Waals surface area contributed by atoms with Gasteiger partial charge in [0.1, 0.15) is 5.82 Å². The normalized spacial score (nSPS) is 9.74. The molecule has 0 unspecified atom stereocenters. The second kappa shape index (κ2) is 5.51. The maximum absolute atomic E-state index is 13.0. The molecule has 1 amide bonds. The molecule has 0 saturated heterocycles. The van der Waals surface area contributed by atoms with Crippen LogP contribution in [0, 0.1) is 17.1 Å². The summed E-state index contributed by atoms with van der Waals surface area (Å²) in [7, 11) is 0. The van der Waals surface area contributed by atoms with Crippen molar-refractivity contribution in [3.05, 3.63) is 64.4 Å². The van der Waals surface area contributed by atoms with E-state index in [1.54, 1.807) is 18.2 Å². The summed E-state index contributed by atoms with van der Waals surface area (Å²) in [4.78, 5) is 11.9. The van der Waals surface area contributed by atoms with E-state index in [0.717, 1.165) is 0 Å². The van der Waals surface area contributed by atoms with Gasteiger partial charge in [0.25, 0.3) is 5.91 Å². The molecule has 0 spiro atoms. The summed E-state index contributed by atoms with van der Waals surface area (Å²) in [6.07, 6.45) is 0. The van der Waals surface area contributed by atoms with Crippen LogP contribution in [-0.4, -0.2) is 5.91 Å². The summed E-state index contributed by atoms with van der Waals surface area (Å²) >= 11 is 5.62. The number of nitriles is 1. The van der Waals surface area contributed by atoms with Crippen molar-refractivity contribution < 1.29 is 9.18 Å². The third-order valence-corrected chi connectivity index (χ3v) is 2.72. The Hall–Kier alpha value is -2.38. The van der Waals surface area contributed by atoms with Crippen LogP contribution < -0.4 is 5.32 Å². The number of benzene rings is 2. The van der Waals surface area contributed by atoms with Gasteiger partial charge < -0.3 is 5.32 Å². The molecule has 0 radical (unpaired) electrons. The summed E-state index contributed by atoms with van der Waals surface area (Å²) in [6.45, 7) is 0. The van der Waals surface area contributed by atoms with Gasteiger partial charge in [-0.3, -0.25) is 4.79 Å². The average molecular weight is 275 g/mol. The van der Waals surface area contributed by atoms with E-state index >= 15 is 0 Å². The number of amides is 1. The van der Waals surface area contributed by atoms with Gasteiger partial charge in [0, 0.05) is 11.3 Å². The number of nitrogens with zero attached hydrogens (tertiary/aromatic N) is 1. The molecule has 0 aliphatic carbocycles. The van der Waals surface area contributed by atoms with E-state index in [9.17, 15) is 9.18 Å². The molecule has 3 nitrogen and oxygen atoms in total. The lowest BCUT2D eigenvalue weighted by molar-refractivity contribution is 0.102. The fourth-order valence-corrected chi connectivity index (χ4v) is 1.69. The van der Waals surface area contributed by atoms with Crippen LogP contribution in [0.3, 0.4) is 0 Å². The summed E-state index contributed by atoms with van der Waals surface area (Å²) in [6, 6.07) is 12.1. The van der Waals surface area contributed by atoms with Crippen LogP contribution in [0.25, 0.3) is 0 Å². The number of hydrogen-bond donors (Lipinski definition) is 1. The Kier molecular flexibility index (Phi) is 3.79. The lowest BCUT2D eigenvalue weighted by Crippen LogP contribution is -2.12. The summed E-state index contributed by atoms with van der Waals surface area (Å²) < 4.78 is 13.0. The fourth-order valence-electron chi connectivity index (χ4n) is 1.51. The van der Waals surface area contributed by atoms with Gasteiger partial charge in [0.2, 0.25) is 0 Å². The smallest absolute Gasteiger partial charge is 0.255 e. The Morgan fingerprint density at radius 3 is 2.74 bits per heavy atom. The molecular formula is C14H8ClFN2O. The SMILES string of the molecule is N#Cc1cccc(C(=O)Nc2ccc(F)c(Cl)c2)c1. The van der Waals surface area contributed by atoms with Gasteiger partial charge >= 0.3 is 0 Å². The van der Waals surface area contributed by atoms with E-state index < -0.39 is 5.82 Å². The molecule has 0 aromatic heterocycles. The number of anilines is 1. The van der Waals surface area contributed by atoms with Gasteiger partial charge in [-0.25, -0.2) is 4.39 Å². The van der Waals surface area contributed by atoms with Gasteiger partial charge in [0.05, 0.1) is 16.7 Å². The van der Waals surface area contributed by atoms with E-state index in [4.69, 9.17) is 16.9 Å². The van der Waals surface area contributed by atoms with Crippen molar-refractivity contribution in [1.82, 2.24) is 0 Å². The topological polar surface area (TPSA) is 52.9 Å². The van der Waals surface area contributed by atoms with E-state index in [-0.39, 0.29) is 10.9 Å². The Balaban J connectivity index is 2.21. The second-order valence-corrected chi connectivity index (χ2v) is 4.18. The molecule has 19 heavy (non-hydrogen) atoms. The monoisotopic (exact) mass is 274 g/mol. The van der Waals surface area contributed by atoms with Crippen molar-refractivity contribution in [2.45, 2.75) is 0 Å². The van der Waals surface area contributed by atoms with Crippen molar-refractivity contribution in [1.29, 1.82) is 5.26 Å². The van der Waals surface area contributed by atoms with Gasteiger partial charge in [-0.2, -0.15) is 5.26 Å². The van der Waals surface area contributed by atoms with E-state index in [2.05, 4.69) is 5.32 Å². The third-order valence-electron chi connectivity index (χ3n) is 2.43. The first-order chi connectivity index (χ1) is 9.10. The predicted molar refractivity (Wildman–Crippen MR) is 70.5 cm³/mol. The Bertz CT molecular complexity index is 679. The third kappa shape index (κ3) is 3.09. The molecule has 94 valence electrons. The van der Waals surface area contributed by atoms with Crippen LogP contribution in [0.5, 0.6) is 0 Å². The highest BCUT2D eigenvalue weighted by Crippen LogP contribution is 2.20. The molecule has 5 heteroatoms. The van der Waals surface area contributed by atoms with Crippen molar-refractivity contribution in [3.8, 4) is 6.07 Å². The first kappa shape index (κ1) is 13.1. The highest BCUT2D eigenvalue weighted by atomic mass is 35.5. The zero-order chi connectivity index (χ0) is 13.8. The number of halogens is 2. The van der Waals surface area contributed by atoms with Crippen LogP contribution in [-0.2, 0) is 0 Å². The molecule has 0 aliphatic heterocycles. The molecule has 0 bridgehead atoms. The largest absolute Gasteiger partial charge is 0.322 e. The quantitative estimate of drug-likeness (QED) is 0.909. The molecule has 0 saturated carbocycles. The molecule has 0 aliphatic rings. The predicted octanol–water partition coefficient (Wildman–Crippen LogP) is 3.60. The maximum atomic E-state index is 13.0. The molecule has 1 N–H and O–H groups in total. The first-order valence-electron chi connectivity index (χ1n) is 5.37. The zero-order valence-corrected chi connectivity index (χ0v) is 10.4. The lowest BCUT2D eigenvalue weighted by Gasteiger charge is -2.06. The minimum Gasteiger partial charge on any atom is -0.322 e. The van der Waals surface area contributed by atoms with Crippen molar-refractivity contribution in [2.75, 3.05) is 5.32 Å². The molecule has 2 rings (SSSR count). The highest BCUT2D eigenvalue weighted by Gasteiger charge is 2.08. The van der Waals surface area contributed by atoms with Crippen LogP contribution in [0.1, 0.15) is 15.9 Å². The van der Waals surface area contributed by atoms with Crippen LogP contribution in [0.4, 0.5) is 10.1 Å². The number of hydrogen-bond acceptors (Lipinski definition) is 2. The van der Waals surface area contributed by atoms with Gasteiger partial charge in [0.15, 0.2) is 0 Å². The number of carbonyl (C=O) groups is 1. The highest BCUT2D eigenvalue weighted by molar-refractivity contribution is 6.31. The minimum absolute atomic E-state index is 0.0661. The van der Waals surface area contributed by atoms with Crippen molar-refractivity contribution in [3.63, 3.8) is 0 Å². The Morgan fingerprint density at radius 2 is 2.05 bits per heavy atom. The Labute approximate surface area is 114 Å². The number of rotatable bonds is 2. The lowest BCUT2D eigenvalue weighted by atomic mass is 10.1. The van der Waals surface area contributed by atoms with Gasteiger partial charge in [-0.05, 0) is 36.4 Å².